The van der Waals surface area contributed by atoms with Crippen molar-refractivity contribution >= 4 is 16.5 Å². The Morgan fingerprint density at radius 1 is 1.42 bits per heavy atom. The summed E-state index contributed by atoms with van der Waals surface area (Å²) in [6, 6.07) is 0.290. The van der Waals surface area contributed by atoms with Crippen LogP contribution < -0.4 is 10.2 Å². The Hall–Kier alpha value is -0.690. The van der Waals surface area contributed by atoms with Gasteiger partial charge < -0.3 is 19.7 Å². The molecule has 0 bridgehead atoms. The molecule has 0 aliphatic carbocycles. The molecule has 1 atom stereocenters. The van der Waals surface area contributed by atoms with E-state index in [1.807, 2.05) is 0 Å². The summed E-state index contributed by atoms with van der Waals surface area (Å²) in [4.78, 5) is 6.92. The molecule has 5 nitrogen and oxygen atoms in total. The largest absolute Gasteiger partial charge is 0.383 e. The van der Waals surface area contributed by atoms with Crippen LogP contribution in [0.3, 0.4) is 0 Å². The van der Waals surface area contributed by atoms with E-state index in [1.54, 1.807) is 25.6 Å². The summed E-state index contributed by atoms with van der Waals surface area (Å²) < 4.78 is 10.4. The van der Waals surface area contributed by atoms with Gasteiger partial charge in [0.15, 0.2) is 5.13 Å². The number of methoxy groups -OCH3 is 2. The minimum Gasteiger partial charge on any atom is -0.383 e. The van der Waals surface area contributed by atoms with Gasteiger partial charge in [0.1, 0.15) is 0 Å². The molecular formula is C13H25N3O2S. The molecule has 1 aromatic heterocycles. The zero-order valence-electron chi connectivity index (χ0n) is 12.3. The Morgan fingerprint density at radius 3 is 2.84 bits per heavy atom. The Morgan fingerprint density at radius 2 is 2.21 bits per heavy atom. The first kappa shape index (κ1) is 16.4. The first-order chi connectivity index (χ1) is 9.22. The minimum atomic E-state index is 0.290. The van der Waals surface area contributed by atoms with Crippen LogP contribution in [0.5, 0.6) is 0 Å². The molecular weight excluding hydrogens is 262 g/mol. The minimum absolute atomic E-state index is 0.290. The van der Waals surface area contributed by atoms with Gasteiger partial charge in [0.2, 0.25) is 0 Å². The molecule has 0 saturated heterocycles. The van der Waals surface area contributed by atoms with Gasteiger partial charge in [-0.1, -0.05) is 6.92 Å². The summed E-state index contributed by atoms with van der Waals surface area (Å²) in [6.45, 7) is 8.23. The number of thiazole rings is 1. The van der Waals surface area contributed by atoms with Crippen molar-refractivity contribution in [3.05, 3.63) is 11.1 Å². The third-order valence-corrected chi connectivity index (χ3v) is 3.74. The normalized spacial score (nSPS) is 12.6. The maximum atomic E-state index is 5.24. The molecule has 0 saturated carbocycles. The fourth-order valence-electron chi connectivity index (χ4n) is 1.79. The van der Waals surface area contributed by atoms with E-state index in [4.69, 9.17) is 9.47 Å². The Kier molecular flexibility index (Phi) is 7.97. The van der Waals surface area contributed by atoms with Crippen molar-refractivity contribution < 1.29 is 9.47 Å². The van der Waals surface area contributed by atoms with E-state index in [9.17, 15) is 0 Å². The van der Waals surface area contributed by atoms with Gasteiger partial charge in [0.25, 0.3) is 0 Å². The van der Waals surface area contributed by atoms with Crippen LogP contribution >= 0.6 is 11.3 Å². The van der Waals surface area contributed by atoms with Gasteiger partial charge in [-0.15, -0.1) is 11.3 Å². The number of aromatic nitrogens is 1. The summed E-state index contributed by atoms with van der Waals surface area (Å²) in [5.74, 6) is 0. The second-order valence-corrected chi connectivity index (χ2v) is 5.23. The van der Waals surface area contributed by atoms with E-state index < -0.39 is 0 Å². The van der Waals surface area contributed by atoms with Gasteiger partial charge >= 0.3 is 0 Å². The number of hydrogen-bond donors (Lipinski definition) is 1. The lowest BCUT2D eigenvalue weighted by molar-refractivity contribution is 0.171. The molecule has 6 heteroatoms. The fourth-order valence-corrected chi connectivity index (χ4v) is 2.74. The zero-order valence-corrected chi connectivity index (χ0v) is 13.1. The monoisotopic (exact) mass is 287 g/mol. The molecule has 0 spiro atoms. The molecule has 0 aromatic carbocycles. The summed E-state index contributed by atoms with van der Waals surface area (Å²) in [5.41, 5.74) is 1.09. The second kappa shape index (κ2) is 9.25. The van der Waals surface area contributed by atoms with Gasteiger partial charge in [-0.3, -0.25) is 0 Å². The van der Waals surface area contributed by atoms with Crippen LogP contribution in [0.2, 0.25) is 0 Å². The van der Waals surface area contributed by atoms with Gasteiger partial charge in [0, 0.05) is 32.7 Å². The lowest BCUT2D eigenvalue weighted by Crippen LogP contribution is -2.38. The van der Waals surface area contributed by atoms with Crippen LogP contribution in [0, 0.1) is 0 Å². The zero-order chi connectivity index (χ0) is 14.1. The van der Waals surface area contributed by atoms with Crippen LogP contribution in [-0.4, -0.2) is 51.5 Å². The highest BCUT2D eigenvalue weighted by molar-refractivity contribution is 7.13. The van der Waals surface area contributed by atoms with Gasteiger partial charge in [-0.05, 0) is 13.5 Å². The number of rotatable bonds is 10. The number of hydrogen-bond acceptors (Lipinski definition) is 6. The van der Waals surface area contributed by atoms with E-state index in [0.29, 0.717) is 19.3 Å². The lowest BCUT2D eigenvalue weighted by atomic mass is 10.3. The van der Waals surface area contributed by atoms with Crippen LogP contribution in [-0.2, 0) is 16.0 Å². The standard InChI is InChI=1S/C13H25N3O2S/c1-5-14-8-12-10-19-13(15-12)16(6-7-17-3)11(2)9-18-4/h10-11,14H,5-9H2,1-4H3. The van der Waals surface area contributed by atoms with Crippen LogP contribution in [0.1, 0.15) is 19.5 Å². The third-order valence-electron chi connectivity index (χ3n) is 2.82. The smallest absolute Gasteiger partial charge is 0.185 e. The Balaban J connectivity index is 2.69. The molecule has 1 rings (SSSR count). The van der Waals surface area contributed by atoms with Crippen LogP contribution in [0.15, 0.2) is 5.38 Å². The van der Waals surface area contributed by atoms with Crippen molar-refractivity contribution in [1.29, 1.82) is 0 Å². The SMILES string of the molecule is CCNCc1csc(N(CCOC)C(C)COC)n1. The summed E-state index contributed by atoms with van der Waals surface area (Å²) in [7, 11) is 3.45. The molecule has 1 unspecified atom stereocenters. The topological polar surface area (TPSA) is 46.6 Å². The lowest BCUT2D eigenvalue weighted by Gasteiger charge is -2.28. The van der Waals surface area contributed by atoms with Crippen LogP contribution in [0.4, 0.5) is 5.13 Å². The van der Waals surface area contributed by atoms with Crippen molar-refractivity contribution in [2.75, 3.05) is 45.4 Å². The fraction of sp³-hybridized carbons (Fsp3) is 0.769. The average Bonchev–Trinajstić information content (AvgIpc) is 2.86. The number of nitrogens with zero attached hydrogens (tertiary/aromatic N) is 2. The first-order valence-corrected chi connectivity index (χ1v) is 7.50. The van der Waals surface area contributed by atoms with Crippen molar-refractivity contribution in [2.24, 2.45) is 0 Å². The highest BCUT2D eigenvalue weighted by Crippen LogP contribution is 2.22. The molecule has 110 valence electrons. The predicted molar refractivity (Wildman–Crippen MR) is 80.1 cm³/mol. The highest BCUT2D eigenvalue weighted by atomic mass is 32.1. The first-order valence-electron chi connectivity index (χ1n) is 6.62. The second-order valence-electron chi connectivity index (χ2n) is 4.39. The van der Waals surface area contributed by atoms with Gasteiger partial charge in [-0.25, -0.2) is 4.98 Å². The predicted octanol–water partition coefficient (Wildman–Crippen LogP) is 1.74. The summed E-state index contributed by atoms with van der Waals surface area (Å²) >= 11 is 1.68. The number of nitrogens with one attached hydrogen (secondary N) is 1. The molecule has 0 aliphatic rings. The molecule has 0 amide bonds. The van der Waals surface area contributed by atoms with Crippen molar-refractivity contribution in [2.45, 2.75) is 26.4 Å². The van der Waals surface area contributed by atoms with Gasteiger partial charge in [-0.2, -0.15) is 0 Å². The van der Waals surface area contributed by atoms with E-state index in [-0.39, 0.29) is 0 Å². The average molecular weight is 287 g/mol. The molecule has 0 fully saturated rings. The summed E-state index contributed by atoms with van der Waals surface area (Å²) in [6.07, 6.45) is 0. The van der Waals surface area contributed by atoms with E-state index in [1.165, 1.54) is 0 Å². The molecule has 1 aromatic rings. The Labute approximate surface area is 119 Å². The van der Waals surface area contributed by atoms with E-state index in [2.05, 4.69) is 34.4 Å². The molecule has 1 heterocycles. The van der Waals surface area contributed by atoms with E-state index in [0.717, 1.165) is 30.5 Å². The molecule has 19 heavy (non-hydrogen) atoms. The molecule has 0 radical (unpaired) electrons. The van der Waals surface area contributed by atoms with Crippen molar-refractivity contribution in [1.82, 2.24) is 10.3 Å². The molecule has 0 aliphatic heterocycles. The molecule has 1 N–H and O–H groups in total. The number of ether oxygens (including phenoxy) is 2. The van der Waals surface area contributed by atoms with Crippen LogP contribution in [0.25, 0.3) is 0 Å². The maximum Gasteiger partial charge on any atom is 0.185 e. The quantitative estimate of drug-likeness (QED) is 0.710. The van der Waals surface area contributed by atoms with Crippen molar-refractivity contribution in [3.63, 3.8) is 0 Å². The van der Waals surface area contributed by atoms with Crippen molar-refractivity contribution in [3.8, 4) is 0 Å². The summed E-state index contributed by atoms with van der Waals surface area (Å²) in [5, 5.41) is 6.44. The third kappa shape index (κ3) is 5.44. The van der Waals surface area contributed by atoms with E-state index >= 15 is 0 Å². The Bertz CT molecular complexity index is 346. The highest BCUT2D eigenvalue weighted by Gasteiger charge is 2.17. The number of anilines is 1. The van der Waals surface area contributed by atoms with Gasteiger partial charge in [0.05, 0.1) is 24.9 Å². The maximum absolute atomic E-state index is 5.24.